The molecule has 0 bridgehead atoms. The Morgan fingerprint density at radius 3 is 1.65 bits per heavy atom. The fraction of sp³-hybridized carbons (Fsp3) is 1.00. The first-order chi connectivity index (χ1) is 7.77. The maximum Gasteiger partial charge on any atom is -0.0293 e. The van der Waals surface area contributed by atoms with Crippen LogP contribution in [0.4, 0.5) is 0 Å². The molecule has 0 heteroatoms. The van der Waals surface area contributed by atoms with Crippen LogP contribution < -0.4 is 0 Å². The van der Waals surface area contributed by atoms with Crippen LogP contribution in [0.15, 0.2) is 0 Å². The number of hydrogen-bond donors (Lipinski definition) is 0. The summed E-state index contributed by atoms with van der Waals surface area (Å²) in [4.78, 5) is 0. The molecule has 0 N–H and O–H groups in total. The third kappa shape index (κ3) is 4.00. The van der Waals surface area contributed by atoms with Gasteiger partial charge in [0.25, 0.3) is 0 Å². The standard InChI is InChI=1S/C17H36/c1-9-13-14(10-2)17(7,8)15(11-3)16(5,6)12-4/h14-15H,9-13H2,1-8H3. The van der Waals surface area contributed by atoms with Gasteiger partial charge in [0.05, 0.1) is 0 Å². The van der Waals surface area contributed by atoms with E-state index in [9.17, 15) is 0 Å². The summed E-state index contributed by atoms with van der Waals surface area (Å²) in [6, 6.07) is 0. The van der Waals surface area contributed by atoms with Gasteiger partial charge in [-0.15, -0.1) is 0 Å². The third-order valence-electron chi connectivity index (χ3n) is 5.34. The smallest absolute Gasteiger partial charge is 0.0293 e. The minimum Gasteiger partial charge on any atom is -0.0654 e. The highest BCUT2D eigenvalue weighted by atomic mass is 14.5. The van der Waals surface area contributed by atoms with Crippen molar-refractivity contribution in [2.24, 2.45) is 22.7 Å². The molecule has 0 heterocycles. The summed E-state index contributed by atoms with van der Waals surface area (Å²) in [5.74, 6) is 1.71. The zero-order valence-corrected chi connectivity index (χ0v) is 13.7. The number of rotatable bonds is 8. The maximum absolute atomic E-state index is 2.52. The molecule has 0 rings (SSSR count). The molecule has 0 fully saturated rings. The number of hydrogen-bond acceptors (Lipinski definition) is 0. The third-order valence-corrected chi connectivity index (χ3v) is 5.34. The van der Waals surface area contributed by atoms with Crippen molar-refractivity contribution in [2.45, 2.75) is 87.5 Å². The van der Waals surface area contributed by atoms with Gasteiger partial charge < -0.3 is 0 Å². The molecular formula is C17H36. The van der Waals surface area contributed by atoms with Crippen LogP contribution in [-0.2, 0) is 0 Å². The Bertz CT molecular complexity index is 200. The quantitative estimate of drug-likeness (QED) is 0.467. The average molecular weight is 240 g/mol. The maximum atomic E-state index is 2.52. The first-order valence-corrected chi connectivity index (χ1v) is 7.77. The molecule has 0 spiro atoms. The minimum atomic E-state index is 0.471. The van der Waals surface area contributed by atoms with Crippen LogP contribution in [0.2, 0.25) is 0 Å². The summed E-state index contributed by atoms with van der Waals surface area (Å²) in [5, 5.41) is 0. The Kier molecular flexibility index (Phi) is 6.81. The van der Waals surface area contributed by atoms with E-state index in [1.165, 1.54) is 32.1 Å². The zero-order chi connectivity index (χ0) is 13.7. The van der Waals surface area contributed by atoms with E-state index in [1.807, 2.05) is 0 Å². The SMILES string of the molecule is CCCC(CC)C(C)(C)C(CC)C(C)(C)CC. The molecule has 0 amide bonds. The second kappa shape index (κ2) is 6.81. The first kappa shape index (κ1) is 17.0. The van der Waals surface area contributed by atoms with Crippen molar-refractivity contribution < 1.29 is 0 Å². The summed E-state index contributed by atoms with van der Waals surface area (Å²) < 4.78 is 0. The Labute approximate surface area is 111 Å². The monoisotopic (exact) mass is 240 g/mol. The van der Waals surface area contributed by atoms with Crippen LogP contribution in [0, 0.1) is 22.7 Å². The van der Waals surface area contributed by atoms with E-state index in [2.05, 4.69) is 55.4 Å². The molecule has 0 aromatic heterocycles. The van der Waals surface area contributed by atoms with Gasteiger partial charge in [-0.05, 0) is 22.7 Å². The normalized spacial score (nSPS) is 16.9. The Morgan fingerprint density at radius 1 is 0.824 bits per heavy atom. The van der Waals surface area contributed by atoms with Crippen molar-refractivity contribution in [1.82, 2.24) is 0 Å². The van der Waals surface area contributed by atoms with Crippen LogP contribution in [0.5, 0.6) is 0 Å². The van der Waals surface area contributed by atoms with Gasteiger partial charge in [0.2, 0.25) is 0 Å². The predicted molar refractivity (Wildman–Crippen MR) is 80.3 cm³/mol. The molecule has 0 aliphatic carbocycles. The van der Waals surface area contributed by atoms with Crippen molar-refractivity contribution in [3.8, 4) is 0 Å². The van der Waals surface area contributed by atoms with Crippen LogP contribution in [0.1, 0.15) is 87.5 Å². The van der Waals surface area contributed by atoms with Gasteiger partial charge in [0.15, 0.2) is 0 Å². The lowest BCUT2D eigenvalue weighted by molar-refractivity contribution is 0.0106. The molecule has 104 valence electrons. The predicted octanol–water partition coefficient (Wildman–Crippen LogP) is 6.30. The van der Waals surface area contributed by atoms with Crippen LogP contribution in [0.3, 0.4) is 0 Å². The largest absolute Gasteiger partial charge is 0.0654 e. The molecule has 0 saturated heterocycles. The molecule has 17 heavy (non-hydrogen) atoms. The van der Waals surface area contributed by atoms with Gasteiger partial charge in [-0.2, -0.15) is 0 Å². The van der Waals surface area contributed by atoms with Gasteiger partial charge in [-0.3, -0.25) is 0 Å². The summed E-state index contributed by atoms with van der Waals surface area (Å²) in [6.45, 7) is 19.4. The first-order valence-electron chi connectivity index (χ1n) is 7.77. The van der Waals surface area contributed by atoms with E-state index in [4.69, 9.17) is 0 Å². The van der Waals surface area contributed by atoms with Gasteiger partial charge in [-0.1, -0.05) is 87.5 Å². The Morgan fingerprint density at radius 2 is 1.35 bits per heavy atom. The van der Waals surface area contributed by atoms with Crippen molar-refractivity contribution in [3.63, 3.8) is 0 Å². The molecule has 0 saturated carbocycles. The fourth-order valence-corrected chi connectivity index (χ4v) is 4.07. The fourth-order valence-electron chi connectivity index (χ4n) is 4.07. The van der Waals surface area contributed by atoms with Gasteiger partial charge >= 0.3 is 0 Å². The Balaban J connectivity index is 5.08. The zero-order valence-electron chi connectivity index (χ0n) is 13.7. The molecule has 2 atom stereocenters. The molecule has 0 radical (unpaired) electrons. The Hall–Kier alpha value is 0. The highest BCUT2D eigenvalue weighted by Crippen LogP contribution is 2.50. The van der Waals surface area contributed by atoms with E-state index in [0.717, 1.165) is 11.8 Å². The minimum absolute atomic E-state index is 0.471. The second-order valence-electron chi connectivity index (χ2n) is 7.02. The van der Waals surface area contributed by atoms with Crippen LogP contribution >= 0.6 is 0 Å². The van der Waals surface area contributed by atoms with E-state index in [-0.39, 0.29) is 0 Å². The van der Waals surface area contributed by atoms with Crippen molar-refractivity contribution >= 4 is 0 Å². The van der Waals surface area contributed by atoms with Crippen molar-refractivity contribution in [1.29, 1.82) is 0 Å². The summed E-state index contributed by atoms with van der Waals surface area (Å²) >= 11 is 0. The molecule has 0 aromatic rings. The molecular weight excluding hydrogens is 204 g/mol. The molecule has 0 aliphatic rings. The second-order valence-corrected chi connectivity index (χ2v) is 7.02. The summed E-state index contributed by atoms with van der Waals surface area (Å²) in [5.41, 5.74) is 0.943. The van der Waals surface area contributed by atoms with E-state index in [0.29, 0.717) is 10.8 Å². The molecule has 0 aliphatic heterocycles. The van der Waals surface area contributed by atoms with Gasteiger partial charge in [0.1, 0.15) is 0 Å². The topological polar surface area (TPSA) is 0 Å². The molecule has 0 nitrogen and oxygen atoms in total. The summed E-state index contributed by atoms with van der Waals surface area (Å²) in [7, 11) is 0. The van der Waals surface area contributed by atoms with Crippen LogP contribution in [0.25, 0.3) is 0 Å². The molecule has 2 unspecified atom stereocenters. The molecule has 0 aromatic carbocycles. The average Bonchev–Trinajstić information content (AvgIpc) is 2.25. The van der Waals surface area contributed by atoms with Crippen LogP contribution in [-0.4, -0.2) is 0 Å². The van der Waals surface area contributed by atoms with E-state index < -0.39 is 0 Å². The van der Waals surface area contributed by atoms with Gasteiger partial charge in [0, 0.05) is 0 Å². The lowest BCUT2D eigenvalue weighted by atomic mass is 9.57. The highest BCUT2D eigenvalue weighted by Gasteiger charge is 2.41. The van der Waals surface area contributed by atoms with Crippen molar-refractivity contribution in [3.05, 3.63) is 0 Å². The van der Waals surface area contributed by atoms with E-state index >= 15 is 0 Å². The lowest BCUT2D eigenvalue weighted by Gasteiger charge is -2.48. The van der Waals surface area contributed by atoms with E-state index in [1.54, 1.807) is 0 Å². The lowest BCUT2D eigenvalue weighted by Crippen LogP contribution is -2.40. The highest BCUT2D eigenvalue weighted by molar-refractivity contribution is 4.91. The van der Waals surface area contributed by atoms with Gasteiger partial charge in [-0.25, -0.2) is 0 Å². The summed E-state index contributed by atoms with van der Waals surface area (Å²) in [6.07, 6.45) is 6.65. The van der Waals surface area contributed by atoms with Crippen molar-refractivity contribution in [2.75, 3.05) is 0 Å².